The molecule has 0 radical (unpaired) electrons. The molecule has 3 nitrogen and oxygen atoms in total. The highest BCUT2D eigenvalue weighted by Gasteiger charge is 2.09. The molecule has 82 valence electrons. The van der Waals surface area contributed by atoms with Crippen LogP contribution < -0.4 is 4.74 Å². The smallest absolute Gasteiger partial charge is 0.129 e. The van der Waals surface area contributed by atoms with Crippen LogP contribution in [0.2, 0.25) is 0 Å². The van der Waals surface area contributed by atoms with Gasteiger partial charge < -0.3 is 9.57 Å². The minimum Gasteiger partial charge on any atom is -0.497 e. The third-order valence-corrected chi connectivity index (χ3v) is 1.64. The third-order valence-electron chi connectivity index (χ3n) is 1.64. The summed E-state index contributed by atoms with van der Waals surface area (Å²) in [4.78, 5) is 5.23. The average Bonchev–Trinajstić information content (AvgIpc) is 2.17. The minimum atomic E-state index is -0.247. The lowest BCUT2D eigenvalue weighted by Gasteiger charge is -2.14. The first-order chi connectivity index (χ1) is 7.01. The van der Waals surface area contributed by atoms with E-state index in [2.05, 4.69) is 5.16 Å². The van der Waals surface area contributed by atoms with Gasteiger partial charge in [0.25, 0.3) is 0 Å². The van der Waals surface area contributed by atoms with Crippen LogP contribution in [0.15, 0.2) is 29.4 Å². The van der Waals surface area contributed by atoms with Crippen LogP contribution in [0.4, 0.5) is 0 Å². The Kier molecular flexibility index (Phi) is 3.72. The van der Waals surface area contributed by atoms with Crippen molar-refractivity contribution in [2.75, 3.05) is 7.11 Å². The minimum absolute atomic E-state index is 0.247. The van der Waals surface area contributed by atoms with Crippen LogP contribution in [0.5, 0.6) is 5.75 Å². The molecule has 0 spiro atoms. The van der Waals surface area contributed by atoms with Crippen molar-refractivity contribution >= 4 is 6.21 Å². The van der Waals surface area contributed by atoms with E-state index in [-0.39, 0.29) is 5.60 Å². The normalized spacial score (nSPS) is 11.7. The zero-order valence-electron chi connectivity index (χ0n) is 9.65. The van der Waals surface area contributed by atoms with Crippen LogP contribution in [0.25, 0.3) is 0 Å². The van der Waals surface area contributed by atoms with Gasteiger partial charge >= 0.3 is 0 Å². The number of nitrogens with zero attached hydrogens (tertiary/aromatic N) is 1. The summed E-state index contributed by atoms with van der Waals surface area (Å²) < 4.78 is 5.05. The van der Waals surface area contributed by atoms with Gasteiger partial charge in [-0.05, 0) is 50.6 Å². The lowest BCUT2D eigenvalue weighted by molar-refractivity contribution is 0.00199. The Hall–Kier alpha value is -1.51. The first-order valence-corrected chi connectivity index (χ1v) is 4.87. The standard InChI is InChI=1S/C12H17NO2/c1-12(2,3)15-13-9-10-5-7-11(14-4)8-6-10/h5-9H,1-4H3. The Morgan fingerprint density at radius 3 is 2.20 bits per heavy atom. The second-order valence-electron chi connectivity index (χ2n) is 4.21. The largest absolute Gasteiger partial charge is 0.497 e. The van der Waals surface area contributed by atoms with E-state index in [9.17, 15) is 0 Å². The molecule has 0 aromatic heterocycles. The van der Waals surface area contributed by atoms with Crippen molar-refractivity contribution in [1.29, 1.82) is 0 Å². The van der Waals surface area contributed by atoms with E-state index in [1.807, 2.05) is 45.0 Å². The summed E-state index contributed by atoms with van der Waals surface area (Å²) in [5, 5.41) is 3.90. The van der Waals surface area contributed by atoms with Gasteiger partial charge in [-0.2, -0.15) is 0 Å². The Balaban J connectivity index is 2.57. The number of hydrogen-bond donors (Lipinski definition) is 0. The van der Waals surface area contributed by atoms with Crippen molar-refractivity contribution in [3.8, 4) is 5.75 Å². The molecule has 0 bridgehead atoms. The van der Waals surface area contributed by atoms with E-state index < -0.39 is 0 Å². The van der Waals surface area contributed by atoms with Crippen LogP contribution in [-0.4, -0.2) is 18.9 Å². The van der Waals surface area contributed by atoms with Gasteiger partial charge in [0, 0.05) is 0 Å². The van der Waals surface area contributed by atoms with Crippen molar-refractivity contribution < 1.29 is 9.57 Å². The van der Waals surface area contributed by atoms with Gasteiger partial charge in [0.1, 0.15) is 11.4 Å². The fourth-order valence-corrected chi connectivity index (χ4v) is 0.935. The third kappa shape index (κ3) is 4.49. The van der Waals surface area contributed by atoms with Crippen molar-refractivity contribution in [2.45, 2.75) is 26.4 Å². The molecule has 0 fully saturated rings. The van der Waals surface area contributed by atoms with Crippen molar-refractivity contribution in [3.63, 3.8) is 0 Å². The highest BCUT2D eigenvalue weighted by atomic mass is 16.6. The van der Waals surface area contributed by atoms with Crippen LogP contribution >= 0.6 is 0 Å². The summed E-state index contributed by atoms with van der Waals surface area (Å²) in [5.41, 5.74) is 0.739. The van der Waals surface area contributed by atoms with Gasteiger partial charge in [-0.3, -0.25) is 0 Å². The number of methoxy groups -OCH3 is 1. The van der Waals surface area contributed by atoms with Crippen LogP contribution in [-0.2, 0) is 4.84 Å². The summed E-state index contributed by atoms with van der Waals surface area (Å²) in [7, 11) is 1.64. The first kappa shape index (κ1) is 11.6. The summed E-state index contributed by atoms with van der Waals surface area (Å²) in [5.74, 6) is 0.837. The SMILES string of the molecule is COc1ccc(C=NOC(C)(C)C)cc1. The molecule has 0 aliphatic heterocycles. The van der Waals surface area contributed by atoms with E-state index in [1.165, 1.54) is 0 Å². The second-order valence-corrected chi connectivity index (χ2v) is 4.21. The zero-order chi connectivity index (χ0) is 11.3. The summed E-state index contributed by atoms with van der Waals surface area (Å²) in [6.07, 6.45) is 1.69. The van der Waals surface area contributed by atoms with Crippen molar-refractivity contribution in [1.82, 2.24) is 0 Å². The zero-order valence-corrected chi connectivity index (χ0v) is 9.65. The molecule has 0 aliphatic rings. The van der Waals surface area contributed by atoms with E-state index >= 15 is 0 Å². The molecule has 0 aliphatic carbocycles. The Morgan fingerprint density at radius 2 is 1.73 bits per heavy atom. The van der Waals surface area contributed by atoms with Gasteiger partial charge in [0.15, 0.2) is 0 Å². The maximum Gasteiger partial charge on any atom is 0.129 e. The van der Waals surface area contributed by atoms with Gasteiger partial charge in [-0.1, -0.05) is 5.16 Å². The molecule has 0 saturated carbocycles. The molecule has 0 amide bonds. The molecule has 15 heavy (non-hydrogen) atoms. The predicted molar refractivity (Wildman–Crippen MR) is 61.4 cm³/mol. The van der Waals surface area contributed by atoms with E-state index in [4.69, 9.17) is 9.57 Å². The van der Waals surface area contributed by atoms with Crippen molar-refractivity contribution in [2.24, 2.45) is 5.16 Å². The Morgan fingerprint density at radius 1 is 1.13 bits per heavy atom. The highest BCUT2D eigenvalue weighted by molar-refractivity contribution is 5.79. The van der Waals surface area contributed by atoms with E-state index in [1.54, 1.807) is 13.3 Å². The van der Waals surface area contributed by atoms with E-state index in [0.717, 1.165) is 11.3 Å². The van der Waals surface area contributed by atoms with E-state index in [0.29, 0.717) is 0 Å². The van der Waals surface area contributed by atoms with Crippen LogP contribution in [0, 0.1) is 0 Å². The molecule has 3 heteroatoms. The number of ether oxygens (including phenoxy) is 1. The molecule has 1 rings (SSSR count). The quantitative estimate of drug-likeness (QED) is 0.563. The molecular formula is C12H17NO2. The molecule has 1 aromatic rings. The fraction of sp³-hybridized carbons (Fsp3) is 0.417. The van der Waals surface area contributed by atoms with Crippen molar-refractivity contribution in [3.05, 3.63) is 29.8 Å². The van der Waals surface area contributed by atoms with Gasteiger partial charge in [0.05, 0.1) is 13.3 Å². The molecule has 0 unspecified atom stereocenters. The average molecular weight is 207 g/mol. The summed E-state index contributed by atoms with van der Waals surface area (Å²) >= 11 is 0. The summed E-state index contributed by atoms with van der Waals surface area (Å²) in [6.45, 7) is 5.87. The molecular weight excluding hydrogens is 190 g/mol. The van der Waals surface area contributed by atoms with Gasteiger partial charge in [-0.15, -0.1) is 0 Å². The highest BCUT2D eigenvalue weighted by Crippen LogP contribution is 2.11. The molecule has 0 N–H and O–H groups in total. The lowest BCUT2D eigenvalue weighted by atomic mass is 10.2. The topological polar surface area (TPSA) is 30.8 Å². The molecule has 0 atom stereocenters. The van der Waals surface area contributed by atoms with Gasteiger partial charge in [-0.25, -0.2) is 0 Å². The number of rotatable bonds is 3. The molecule has 1 aromatic carbocycles. The van der Waals surface area contributed by atoms with Crippen LogP contribution in [0.1, 0.15) is 26.3 Å². The molecule has 0 heterocycles. The second kappa shape index (κ2) is 4.82. The fourth-order valence-electron chi connectivity index (χ4n) is 0.935. The Bertz CT molecular complexity index is 322. The maximum absolute atomic E-state index is 5.23. The van der Waals surface area contributed by atoms with Crippen LogP contribution in [0.3, 0.4) is 0 Å². The number of hydrogen-bond acceptors (Lipinski definition) is 3. The number of benzene rings is 1. The summed E-state index contributed by atoms with van der Waals surface area (Å²) in [6, 6.07) is 7.62. The maximum atomic E-state index is 5.23. The predicted octanol–water partition coefficient (Wildman–Crippen LogP) is 2.84. The first-order valence-electron chi connectivity index (χ1n) is 4.87. The lowest BCUT2D eigenvalue weighted by Crippen LogP contribution is -2.15. The number of oxime groups is 1. The van der Waals surface area contributed by atoms with Gasteiger partial charge in [0.2, 0.25) is 0 Å². The monoisotopic (exact) mass is 207 g/mol. The Labute approximate surface area is 90.7 Å². The molecule has 0 saturated heterocycles.